The molecule has 0 aliphatic rings. The van der Waals surface area contributed by atoms with Crippen molar-refractivity contribution in [1.29, 1.82) is 0 Å². The summed E-state index contributed by atoms with van der Waals surface area (Å²) < 4.78 is 5.59. The number of carbonyl (C=O) groups is 1. The number of carbonyl (C=O) groups excluding carboxylic acids is 1. The Balaban J connectivity index is 2.00. The number of non-ortho nitro benzene ring substituents is 1. The van der Waals surface area contributed by atoms with Crippen LogP contribution in [0.5, 0.6) is 5.75 Å². The van der Waals surface area contributed by atoms with Crippen molar-refractivity contribution in [3.63, 3.8) is 0 Å². The van der Waals surface area contributed by atoms with E-state index in [0.29, 0.717) is 17.4 Å². The molecule has 0 aliphatic heterocycles. The lowest BCUT2D eigenvalue weighted by Gasteiger charge is -2.13. The number of anilines is 1. The highest BCUT2D eigenvalue weighted by Crippen LogP contribution is 2.24. The van der Waals surface area contributed by atoms with Crippen molar-refractivity contribution in [3.05, 3.63) is 63.7 Å². The van der Waals surface area contributed by atoms with Gasteiger partial charge in [0.25, 0.3) is 11.6 Å². The topological polar surface area (TPSA) is 81.5 Å². The van der Waals surface area contributed by atoms with Gasteiger partial charge < -0.3 is 10.1 Å². The predicted octanol–water partition coefficient (Wildman–Crippen LogP) is 4.04. The van der Waals surface area contributed by atoms with Crippen LogP contribution in [0.2, 0.25) is 0 Å². The van der Waals surface area contributed by atoms with Gasteiger partial charge in [-0.05, 0) is 36.1 Å². The van der Waals surface area contributed by atoms with Crippen LogP contribution in [0.25, 0.3) is 0 Å². The molecule has 2 aromatic rings. The fourth-order valence-corrected chi connectivity index (χ4v) is 2.17. The van der Waals surface area contributed by atoms with E-state index in [0.717, 1.165) is 11.1 Å². The van der Waals surface area contributed by atoms with Gasteiger partial charge in [0, 0.05) is 17.8 Å². The number of nitrogens with zero attached hydrogens (tertiary/aromatic N) is 1. The lowest BCUT2D eigenvalue weighted by molar-refractivity contribution is -0.384. The fourth-order valence-electron chi connectivity index (χ4n) is 2.17. The minimum atomic E-state index is -0.507. The average molecular weight is 328 g/mol. The number of benzene rings is 2. The van der Waals surface area contributed by atoms with E-state index in [1.807, 2.05) is 25.1 Å². The van der Waals surface area contributed by atoms with E-state index >= 15 is 0 Å². The van der Waals surface area contributed by atoms with Gasteiger partial charge in [0.2, 0.25) is 0 Å². The molecular weight excluding hydrogens is 308 g/mol. The molecule has 0 aromatic heterocycles. The van der Waals surface area contributed by atoms with Crippen LogP contribution in [0.4, 0.5) is 11.4 Å². The second-order valence-corrected chi connectivity index (χ2v) is 5.82. The summed E-state index contributed by atoms with van der Waals surface area (Å²) in [6, 6.07) is 11.7. The normalized spacial score (nSPS) is 10.5. The molecule has 1 amide bonds. The Labute approximate surface area is 140 Å². The van der Waals surface area contributed by atoms with Crippen molar-refractivity contribution >= 4 is 17.3 Å². The van der Waals surface area contributed by atoms with Crippen LogP contribution < -0.4 is 10.1 Å². The summed E-state index contributed by atoms with van der Waals surface area (Å²) in [6.07, 6.45) is 0. The van der Waals surface area contributed by atoms with Gasteiger partial charge in [-0.1, -0.05) is 32.0 Å². The number of hydrogen-bond donors (Lipinski definition) is 1. The predicted molar refractivity (Wildman–Crippen MR) is 92.5 cm³/mol. The Hall–Kier alpha value is -2.89. The second-order valence-electron chi connectivity index (χ2n) is 5.82. The van der Waals surface area contributed by atoms with Gasteiger partial charge in [0.05, 0.1) is 4.92 Å². The molecule has 2 aromatic carbocycles. The van der Waals surface area contributed by atoms with Crippen molar-refractivity contribution < 1.29 is 14.5 Å². The lowest BCUT2D eigenvalue weighted by Crippen LogP contribution is -2.20. The Morgan fingerprint density at radius 1 is 1.25 bits per heavy atom. The Morgan fingerprint density at radius 3 is 2.67 bits per heavy atom. The fraction of sp³-hybridized carbons (Fsp3) is 0.278. The summed E-state index contributed by atoms with van der Waals surface area (Å²) in [6.45, 7) is 5.93. The monoisotopic (exact) mass is 328 g/mol. The number of ether oxygens (including phenoxy) is 1. The summed E-state index contributed by atoms with van der Waals surface area (Å²) in [5.41, 5.74) is 2.37. The number of nitrogens with one attached hydrogen (secondary N) is 1. The Morgan fingerprint density at radius 2 is 2.00 bits per heavy atom. The highest BCUT2D eigenvalue weighted by molar-refractivity contribution is 5.92. The van der Waals surface area contributed by atoms with Gasteiger partial charge in [-0.25, -0.2) is 0 Å². The van der Waals surface area contributed by atoms with Crippen LogP contribution in [0.15, 0.2) is 42.5 Å². The van der Waals surface area contributed by atoms with E-state index in [1.54, 1.807) is 6.07 Å². The van der Waals surface area contributed by atoms with Crippen molar-refractivity contribution in [2.75, 3.05) is 11.9 Å². The Bertz CT molecular complexity index is 756. The number of nitro groups is 1. The molecule has 2 rings (SSSR count). The SMILES string of the molecule is Cc1ccc(C(C)C)cc1OCC(=O)Nc1cccc([N+](=O)[O-])c1. The molecular formula is C18H20N2O4. The molecule has 1 N–H and O–H groups in total. The van der Waals surface area contributed by atoms with E-state index in [1.165, 1.54) is 18.2 Å². The standard InChI is InChI=1S/C18H20N2O4/c1-12(2)14-8-7-13(3)17(9-14)24-11-18(21)19-15-5-4-6-16(10-15)20(22)23/h4-10,12H,11H2,1-3H3,(H,19,21). The van der Waals surface area contributed by atoms with Crippen molar-refractivity contribution in [3.8, 4) is 5.75 Å². The summed E-state index contributed by atoms with van der Waals surface area (Å²) in [7, 11) is 0. The summed E-state index contributed by atoms with van der Waals surface area (Å²) in [5.74, 6) is 0.659. The zero-order valence-corrected chi connectivity index (χ0v) is 13.9. The molecule has 0 radical (unpaired) electrons. The molecule has 0 bridgehead atoms. The maximum atomic E-state index is 12.0. The van der Waals surface area contributed by atoms with E-state index in [4.69, 9.17) is 4.74 Å². The van der Waals surface area contributed by atoms with Crippen LogP contribution in [-0.4, -0.2) is 17.4 Å². The third-order valence-corrected chi connectivity index (χ3v) is 3.58. The molecule has 0 atom stereocenters. The van der Waals surface area contributed by atoms with E-state index < -0.39 is 4.92 Å². The first-order chi connectivity index (χ1) is 11.4. The first-order valence-electron chi connectivity index (χ1n) is 7.64. The van der Waals surface area contributed by atoms with Crippen molar-refractivity contribution in [2.45, 2.75) is 26.7 Å². The largest absolute Gasteiger partial charge is 0.483 e. The Kier molecular flexibility index (Phi) is 5.52. The van der Waals surface area contributed by atoms with E-state index in [2.05, 4.69) is 19.2 Å². The quantitative estimate of drug-likeness (QED) is 0.641. The molecule has 0 aliphatic carbocycles. The van der Waals surface area contributed by atoms with Crippen molar-refractivity contribution in [2.24, 2.45) is 0 Å². The molecule has 0 heterocycles. The van der Waals surface area contributed by atoms with Gasteiger partial charge in [-0.3, -0.25) is 14.9 Å². The first-order valence-corrected chi connectivity index (χ1v) is 7.64. The maximum absolute atomic E-state index is 12.0. The molecule has 126 valence electrons. The molecule has 24 heavy (non-hydrogen) atoms. The minimum Gasteiger partial charge on any atom is -0.483 e. The van der Waals surface area contributed by atoms with E-state index in [-0.39, 0.29) is 18.2 Å². The highest BCUT2D eigenvalue weighted by Gasteiger charge is 2.10. The van der Waals surface area contributed by atoms with Crippen LogP contribution in [-0.2, 0) is 4.79 Å². The number of rotatable bonds is 6. The second kappa shape index (κ2) is 7.59. The van der Waals surface area contributed by atoms with Gasteiger partial charge >= 0.3 is 0 Å². The number of amides is 1. The lowest BCUT2D eigenvalue weighted by atomic mass is 10.0. The molecule has 0 saturated heterocycles. The zero-order chi connectivity index (χ0) is 17.7. The number of nitro benzene ring substituents is 1. The third-order valence-electron chi connectivity index (χ3n) is 3.58. The molecule has 6 heteroatoms. The maximum Gasteiger partial charge on any atom is 0.271 e. The first kappa shape index (κ1) is 17.5. The van der Waals surface area contributed by atoms with Gasteiger partial charge in [0.1, 0.15) is 5.75 Å². The smallest absolute Gasteiger partial charge is 0.271 e. The molecule has 0 saturated carbocycles. The van der Waals surface area contributed by atoms with Gasteiger partial charge in [0.15, 0.2) is 6.61 Å². The van der Waals surface area contributed by atoms with Crippen LogP contribution in [0.1, 0.15) is 30.9 Å². The third kappa shape index (κ3) is 4.55. The summed E-state index contributed by atoms with van der Waals surface area (Å²) in [5, 5.41) is 13.3. The van der Waals surface area contributed by atoms with Crippen LogP contribution in [0.3, 0.4) is 0 Å². The summed E-state index contributed by atoms with van der Waals surface area (Å²) >= 11 is 0. The zero-order valence-electron chi connectivity index (χ0n) is 13.9. The van der Waals surface area contributed by atoms with Gasteiger partial charge in [-0.15, -0.1) is 0 Å². The van der Waals surface area contributed by atoms with Crippen molar-refractivity contribution in [1.82, 2.24) is 0 Å². The molecule has 0 fully saturated rings. The molecule has 6 nitrogen and oxygen atoms in total. The highest BCUT2D eigenvalue weighted by atomic mass is 16.6. The summed E-state index contributed by atoms with van der Waals surface area (Å²) in [4.78, 5) is 22.2. The average Bonchev–Trinajstić information content (AvgIpc) is 2.54. The number of hydrogen-bond acceptors (Lipinski definition) is 4. The molecule has 0 spiro atoms. The molecule has 0 unspecified atom stereocenters. The number of aryl methyl sites for hydroxylation is 1. The van der Waals surface area contributed by atoms with E-state index in [9.17, 15) is 14.9 Å². The van der Waals surface area contributed by atoms with Gasteiger partial charge in [-0.2, -0.15) is 0 Å². The van der Waals surface area contributed by atoms with Crippen LogP contribution >= 0.6 is 0 Å². The van der Waals surface area contributed by atoms with Crippen LogP contribution in [0, 0.1) is 17.0 Å². The minimum absolute atomic E-state index is 0.0748.